The zero-order chi connectivity index (χ0) is 13.8. The van der Waals surface area contributed by atoms with Crippen LogP contribution >= 0.6 is 0 Å². The Labute approximate surface area is 111 Å². The summed E-state index contributed by atoms with van der Waals surface area (Å²) in [5.41, 5.74) is 0. The smallest absolute Gasteiger partial charge is 0.0354 e. The van der Waals surface area contributed by atoms with E-state index in [0.717, 1.165) is 0 Å². The van der Waals surface area contributed by atoms with Gasteiger partial charge in [-0.25, -0.2) is 0 Å². The fourth-order valence-electron chi connectivity index (χ4n) is 1.05. The Morgan fingerprint density at radius 3 is 0.941 bits per heavy atom. The Morgan fingerprint density at radius 1 is 0.588 bits per heavy atom. The molecule has 0 radical (unpaired) electrons. The van der Waals surface area contributed by atoms with E-state index in [-0.39, 0.29) is 0 Å². The lowest BCUT2D eigenvalue weighted by Crippen LogP contribution is -1.61. The minimum atomic E-state index is 1.18. The summed E-state index contributed by atoms with van der Waals surface area (Å²) in [6.07, 6.45) is 15.5. The predicted octanol–water partition coefficient (Wildman–Crippen LogP) is 6.92. The van der Waals surface area contributed by atoms with Crippen LogP contribution in [0.1, 0.15) is 85.5 Å². The molecule has 0 aliphatic heterocycles. The van der Waals surface area contributed by atoms with E-state index in [4.69, 9.17) is 0 Å². The maximum atomic E-state index is 3.60. The maximum absolute atomic E-state index is 3.60. The molecule has 0 aromatic carbocycles. The Kier molecular flexibility index (Phi) is 37.8. The van der Waals surface area contributed by atoms with Crippen molar-refractivity contribution in [3.63, 3.8) is 0 Å². The van der Waals surface area contributed by atoms with Crippen LogP contribution in [0.5, 0.6) is 0 Å². The van der Waals surface area contributed by atoms with Gasteiger partial charge in [-0.15, -0.1) is 13.2 Å². The summed E-state index contributed by atoms with van der Waals surface area (Å²) in [7, 11) is 0. The molecule has 0 fully saturated rings. The Bertz CT molecular complexity index is 99.2. The lowest BCUT2D eigenvalue weighted by atomic mass is 10.3. The first-order chi connectivity index (χ1) is 8.24. The van der Waals surface area contributed by atoms with Crippen LogP contribution in [0.2, 0.25) is 0 Å². The molecule has 17 heavy (non-hydrogen) atoms. The summed E-state index contributed by atoms with van der Waals surface area (Å²) < 4.78 is 0. The molecule has 0 nitrogen and oxygen atoms in total. The van der Waals surface area contributed by atoms with Crippen LogP contribution in [0.3, 0.4) is 0 Å². The molecule has 0 aliphatic carbocycles. The van der Waals surface area contributed by atoms with Gasteiger partial charge >= 0.3 is 0 Å². The molecule has 0 atom stereocenters. The molecule has 0 amide bonds. The second-order valence-corrected chi connectivity index (χ2v) is 4.22. The number of unbranched alkanes of at least 4 members (excludes halogenated alkanes) is 6. The van der Waals surface area contributed by atoms with Gasteiger partial charge in [-0.3, -0.25) is 0 Å². The molecule has 0 aromatic rings. The topological polar surface area (TPSA) is 0 Å². The molecule has 0 heteroatoms. The molecule has 0 bridgehead atoms. The first kappa shape index (κ1) is 21.7. The minimum Gasteiger partial charge on any atom is -0.103 e. The van der Waals surface area contributed by atoms with Crippen LogP contribution < -0.4 is 0 Å². The normalized spacial score (nSPS) is 8.24. The first-order valence-electron chi connectivity index (χ1n) is 7.46. The van der Waals surface area contributed by atoms with Crippen LogP contribution in [-0.2, 0) is 0 Å². The van der Waals surface area contributed by atoms with E-state index in [0.29, 0.717) is 0 Å². The van der Waals surface area contributed by atoms with Crippen LogP contribution in [0.25, 0.3) is 0 Å². The van der Waals surface area contributed by atoms with Gasteiger partial charge in [0.15, 0.2) is 0 Å². The van der Waals surface area contributed by atoms with E-state index in [2.05, 4.69) is 40.9 Å². The van der Waals surface area contributed by atoms with Gasteiger partial charge in [0.1, 0.15) is 0 Å². The second kappa shape index (κ2) is 29.6. The van der Waals surface area contributed by atoms with Crippen LogP contribution in [-0.4, -0.2) is 0 Å². The Balaban J connectivity index is -0.000000174. The van der Waals surface area contributed by atoms with Crippen molar-refractivity contribution in [2.75, 3.05) is 0 Å². The van der Waals surface area contributed by atoms with Gasteiger partial charge in [-0.1, -0.05) is 84.8 Å². The lowest BCUT2D eigenvalue weighted by Gasteiger charge is -1.81. The molecule has 0 spiro atoms. The van der Waals surface area contributed by atoms with Crippen molar-refractivity contribution in [1.82, 2.24) is 0 Å². The average Bonchev–Trinajstić information content (AvgIpc) is 2.36. The third-order valence-electron chi connectivity index (χ3n) is 2.23. The highest BCUT2D eigenvalue weighted by Gasteiger charge is 1.72. The lowest BCUT2D eigenvalue weighted by molar-refractivity contribution is 0.772. The van der Waals surface area contributed by atoms with E-state index in [1.165, 1.54) is 57.8 Å². The molecule has 0 saturated heterocycles. The van der Waals surface area contributed by atoms with Gasteiger partial charge in [0, 0.05) is 0 Å². The van der Waals surface area contributed by atoms with E-state index < -0.39 is 0 Å². The summed E-state index contributed by atoms with van der Waals surface area (Å²) in [5.74, 6) is 0. The maximum Gasteiger partial charge on any atom is -0.0354 e. The number of hydrogen-bond donors (Lipinski definition) is 0. The number of rotatable bonds is 8. The molecule has 0 heterocycles. The second-order valence-electron chi connectivity index (χ2n) is 4.22. The number of hydrogen-bond acceptors (Lipinski definition) is 0. The predicted molar refractivity (Wildman–Crippen MR) is 84.6 cm³/mol. The van der Waals surface area contributed by atoms with Crippen molar-refractivity contribution in [2.24, 2.45) is 0 Å². The van der Waals surface area contributed by atoms with Crippen molar-refractivity contribution in [1.29, 1.82) is 0 Å². The van der Waals surface area contributed by atoms with Crippen molar-refractivity contribution in [3.05, 3.63) is 25.3 Å². The fraction of sp³-hybridized carbons (Fsp3) is 0.765. The van der Waals surface area contributed by atoms with Crippen molar-refractivity contribution in [3.8, 4) is 0 Å². The van der Waals surface area contributed by atoms with Crippen molar-refractivity contribution < 1.29 is 0 Å². The van der Waals surface area contributed by atoms with Crippen molar-refractivity contribution in [2.45, 2.75) is 85.5 Å². The Hall–Kier alpha value is -0.520. The Morgan fingerprint density at radius 2 is 0.882 bits per heavy atom. The van der Waals surface area contributed by atoms with Gasteiger partial charge in [0.25, 0.3) is 0 Å². The molecule has 0 rings (SSSR count). The summed E-state index contributed by atoms with van der Waals surface area (Å²) in [6.45, 7) is 16.0. The summed E-state index contributed by atoms with van der Waals surface area (Å²) in [5, 5.41) is 0. The summed E-state index contributed by atoms with van der Waals surface area (Å²) >= 11 is 0. The standard InChI is InChI=1S/2C6H12.C5H12/c2*1-3-5-6-4-2;1-3-5-4-2/h2*3H,1,4-6H2,2H3;3-5H2,1-2H3. The zero-order valence-electron chi connectivity index (χ0n) is 12.9. The van der Waals surface area contributed by atoms with Crippen LogP contribution in [0.15, 0.2) is 25.3 Å². The van der Waals surface area contributed by atoms with E-state index >= 15 is 0 Å². The van der Waals surface area contributed by atoms with Gasteiger partial charge in [-0.2, -0.15) is 0 Å². The largest absolute Gasteiger partial charge is 0.103 e. The summed E-state index contributed by atoms with van der Waals surface area (Å²) in [4.78, 5) is 0. The SMILES string of the molecule is C=CCCCC.C=CCCCC.CCCCC. The van der Waals surface area contributed by atoms with E-state index in [9.17, 15) is 0 Å². The highest BCUT2D eigenvalue weighted by molar-refractivity contribution is 4.64. The van der Waals surface area contributed by atoms with Crippen molar-refractivity contribution >= 4 is 0 Å². The molecule has 0 unspecified atom stereocenters. The highest BCUT2D eigenvalue weighted by Crippen LogP contribution is 1.92. The van der Waals surface area contributed by atoms with E-state index in [1.807, 2.05) is 12.2 Å². The van der Waals surface area contributed by atoms with Crippen LogP contribution in [0, 0.1) is 0 Å². The molecular weight excluding hydrogens is 204 g/mol. The highest BCUT2D eigenvalue weighted by atomic mass is 13.8. The quantitative estimate of drug-likeness (QED) is 0.319. The van der Waals surface area contributed by atoms with Gasteiger partial charge in [0.05, 0.1) is 0 Å². The summed E-state index contributed by atoms with van der Waals surface area (Å²) in [6, 6.07) is 0. The molecule has 0 aliphatic rings. The minimum absolute atomic E-state index is 1.18. The number of allylic oxidation sites excluding steroid dienone is 2. The molecule has 104 valence electrons. The monoisotopic (exact) mass is 240 g/mol. The first-order valence-corrected chi connectivity index (χ1v) is 7.46. The van der Waals surface area contributed by atoms with Gasteiger partial charge in [-0.05, 0) is 12.8 Å². The van der Waals surface area contributed by atoms with E-state index in [1.54, 1.807) is 0 Å². The van der Waals surface area contributed by atoms with Crippen LogP contribution in [0.4, 0.5) is 0 Å². The third-order valence-corrected chi connectivity index (χ3v) is 2.23. The van der Waals surface area contributed by atoms with Gasteiger partial charge in [0.2, 0.25) is 0 Å². The molecule has 0 saturated carbocycles. The molecule has 0 aromatic heterocycles. The fourth-order valence-corrected chi connectivity index (χ4v) is 1.05. The average molecular weight is 240 g/mol. The van der Waals surface area contributed by atoms with Gasteiger partial charge < -0.3 is 0 Å². The molecule has 0 N–H and O–H groups in total. The molecular formula is C17H36. The third kappa shape index (κ3) is 50.3. The zero-order valence-corrected chi connectivity index (χ0v) is 12.9.